The summed E-state index contributed by atoms with van der Waals surface area (Å²) in [6, 6.07) is 0. The van der Waals surface area contributed by atoms with Gasteiger partial charge in [0.15, 0.2) is 0 Å². The first-order valence-corrected chi connectivity index (χ1v) is 1.30. The first-order valence-electron chi connectivity index (χ1n) is 1.30. The van der Waals surface area contributed by atoms with Crippen molar-refractivity contribution in [1.82, 2.24) is 10.2 Å². The van der Waals surface area contributed by atoms with Crippen molar-refractivity contribution in [3.8, 4) is 5.88 Å². The summed E-state index contributed by atoms with van der Waals surface area (Å²) in [7, 11) is 0. The van der Waals surface area contributed by atoms with Gasteiger partial charge in [-0.05, 0) is 0 Å². The Balaban J connectivity index is 2.83. The second kappa shape index (κ2) is 0.544. The Hall–Kier alpha value is -0.860. The lowest BCUT2D eigenvalue weighted by atomic mass is 10.8. The van der Waals surface area contributed by atoms with Crippen LogP contribution in [0.2, 0.25) is 0 Å². The number of aromatic hydroxyl groups is 1. The summed E-state index contributed by atoms with van der Waals surface area (Å²) < 4.78 is 0. The molecule has 3 nitrogen and oxygen atoms in total. The lowest BCUT2D eigenvalue weighted by molar-refractivity contribution is 0.426. The molecule has 0 atom stereocenters. The molecule has 1 aromatic rings. The Labute approximate surface area is 28.6 Å². The summed E-state index contributed by atoms with van der Waals surface area (Å²) in [6.07, 6.45) is 1.46. The van der Waals surface area contributed by atoms with Gasteiger partial charge in [0.25, 0.3) is 0 Å². The van der Waals surface area contributed by atoms with Crippen LogP contribution in [0.4, 0.5) is 0 Å². The molecule has 3 N–H and O–H groups in total. The second-order valence-corrected chi connectivity index (χ2v) is 0.799. The quantitative estimate of drug-likeness (QED) is 0.398. The zero-order chi connectivity index (χ0) is 3.70. The Morgan fingerprint density at radius 3 is 2.20 bits per heavy atom. The van der Waals surface area contributed by atoms with Gasteiger partial charge in [0.2, 0.25) is 5.88 Å². The smallest absolute Gasteiger partial charge is 0.221 e. The van der Waals surface area contributed by atoms with Crippen LogP contribution < -0.4 is 0 Å². The third kappa shape index (κ3) is 0.154. The zero-order valence-electron chi connectivity index (χ0n) is 2.52. The molecule has 0 fully saturated rings. The van der Waals surface area contributed by atoms with E-state index < -0.39 is 0 Å². The molecule has 3 heteroatoms. The second-order valence-electron chi connectivity index (χ2n) is 0.799. The highest BCUT2D eigenvalue weighted by Crippen LogP contribution is 1.94. The van der Waals surface area contributed by atoms with E-state index in [1.54, 1.807) is 0 Å². The summed E-state index contributed by atoms with van der Waals surface area (Å²) in [5, 5.41) is 13.0. The molecule has 28 valence electrons. The molecule has 0 aliphatic carbocycles. The first kappa shape index (κ1) is 2.38. The highest BCUT2D eigenvalue weighted by Gasteiger charge is 1.77. The zero-order valence-corrected chi connectivity index (χ0v) is 2.52. The molecule has 5 heavy (non-hydrogen) atoms. The molecule has 1 rings (SSSR count). The van der Waals surface area contributed by atoms with Crippen LogP contribution in [0.5, 0.6) is 5.88 Å². The van der Waals surface area contributed by atoms with Gasteiger partial charge in [-0.3, -0.25) is 5.10 Å². The van der Waals surface area contributed by atoms with Gasteiger partial charge in [0, 0.05) is 0 Å². The molecule has 0 aliphatic rings. The molecule has 1 aromatic heterocycles. The van der Waals surface area contributed by atoms with Gasteiger partial charge in [-0.2, -0.15) is 0 Å². The Morgan fingerprint density at radius 1 is 1.80 bits per heavy atom. The van der Waals surface area contributed by atoms with E-state index in [0.717, 1.165) is 0 Å². The van der Waals surface area contributed by atoms with E-state index in [-0.39, 0.29) is 5.88 Å². The SMILES string of the molecule is Oc1c[nH][nH]1. The van der Waals surface area contributed by atoms with Gasteiger partial charge in [0.1, 0.15) is 0 Å². The molecule has 0 unspecified atom stereocenters. The van der Waals surface area contributed by atoms with Gasteiger partial charge >= 0.3 is 0 Å². The molecular formula is C2H4N2O. The van der Waals surface area contributed by atoms with Crippen LogP contribution in [0.3, 0.4) is 0 Å². The largest absolute Gasteiger partial charge is 0.493 e. The van der Waals surface area contributed by atoms with E-state index in [4.69, 9.17) is 5.11 Å². The van der Waals surface area contributed by atoms with Crippen molar-refractivity contribution >= 4 is 0 Å². The van der Waals surface area contributed by atoms with Crippen LogP contribution in [-0.4, -0.2) is 15.3 Å². The van der Waals surface area contributed by atoms with E-state index in [1.807, 2.05) is 0 Å². The van der Waals surface area contributed by atoms with Crippen molar-refractivity contribution in [3.05, 3.63) is 6.20 Å². The molecule has 1 heterocycles. The van der Waals surface area contributed by atoms with Crippen molar-refractivity contribution < 1.29 is 5.11 Å². The van der Waals surface area contributed by atoms with Gasteiger partial charge in [0.05, 0.1) is 6.20 Å². The average Bonchev–Trinajstić information content (AvgIpc) is 1.30. The number of rotatable bonds is 0. The maximum absolute atomic E-state index is 8.14. The van der Waals surface area contributed by atoms with Crippen LogP contribution in [0.25, 0.3) is 0 Å². The fraction of sp³-hybridized carbons (Fsp3) is 0. The molecule has 0 amide bonds. The third-order valence-electron chi connectivity index (χ3n) is 0.409. The van der Waals surface area contributed by atoms with Crippen LogP contribution >= 0.6 is 0 Å². The number of aromatic nitrogens is 2. The van der Waals surface area contributed by atoms with Crippen molar-refractivity contribution in [2.75, 3.05) is 0 Å². The molecule has 0 spiro atoms. The van der Waals surface area contributed by atoms with Crippen LogP contribution in [-0.2, 0) is 0 Å². The standard InChI is InChI=1S/C2H4N2O/c5-2-1-3-4-2/h1,3-5H. The van der Waals surface area contributed by atoms with Crippen LogP contribution in [0.1, 0.15) is 0 Å². The Bertz CT molecular complexity index is 89.8. The number of hydrogen-bond acceptors (Lipinski definition) is 1. The van der Waals surface area contributed by atoms with Crippen molar-refractivity contribution in [2.24, 2.45) is 0 Å². The number of hydrogen-bond donors (Lipinski definition) is 3. The summed E-state index contributed by atoms with van der Waals surface area (Å²) in [6.45, 7) is 0. The monoisotopic (exact) mass is 72.0 g/mol. The molecule has 0 aliphatic heterocycles. The summed E-state index contributed by atoms with van der Waals surface area (Å²) in [5.41, 5.74) is 0. The third-order valence-corrected chi connectivity index (χ3v) is 0.409. The maximum Gasteiger partial charge on any atom is 0.221 e. The van der Waals surface area contributed by atoms with E-state index in [9.17, 15) is 0 Å². The topological polar surface area (TPSA) is 51.8 Å². The van der Waals surface area contributed by atoms with E-state index in [1.165, 1.54) is 6.20 Å². The highest BCUT2D eigenvalue weighted by atomic mass is 16.3. The molecular weight excluding hydrogens is 68.0 g/mol. The minimum atomic E-state index is 0.199. The number of aromatic amines is 2. The minimum absolute atomic E-state index is 0.199. The minimum Gasteiger partial charge on any atom is -0.493 e. The highest BCUT2D eigenvalue weighted by molar-refractivity contribution is 4.96. The van der Waals surface area contributed by atoms with Crippen molar-refractivity contribution in [3.63, 3.8) is 0 Å². The van der Waals surface area contributed by atoms with E-state index >= 15 is 0 Å². The molecule has 0 radical (unpaired) electrons. The van der Waals surface area contributed by atoms with E-state index in [0.29, 0.717) is 0 Å². The summed E-state index contributed by atoms with van der Waals surface area (Å²) in [4.78, 5) is 0. The predicted octanol–water partition coefficient (Wildman–Crippen LogP) is 0.0484. The van der Waals surface area contributed by atoms with E-state index in [2.05, 4.69) is 10.2 Å². The van der Waals surface area contributed by atoms with Gasteiger partial charge in [-0.25, -0.2) is 0 Å². The normalized spacial score (nSPS) is 8.80. The average molecular weight is 72.1 g/mol. The summed E-state index contributed by atoms with van der Waals surface area (Å²) in [5.74, 6) is 0.199. The lowest BCUT2D eigenvalue weighted by Gasteiger charge is -1.90. The van der Waals surface area contributed by atoms with Gasteiger partial charge in [-0.1, -0.05) is 0 Å². The van der Waals surface area contributed by atoms with Crippen molar-refractivity contribution in [1.29, 1.82) is 0 Å². The Morgan fingerprint density at radius 2 is 2.20 bits per heavy atom. The molecule has 0 bridgehead atoms. The maximum atomic E-state index is 8.14. The number of nitrogens with one attached hydrogen (secondary N) is 2. The molecule has 0 saturated carbocycles. The van der Waals surface area contributed by atoms with Crippen LogP contribution in [0, 0.1) is 0 Å². The predicted molar refractivity (Wildman–Crippen MR) is 16.8 cm³/mol. The van der Waals surface area contributed by atoms with Crippen molar-refractivity contribution in [2.45, 2.75) is 0 Å². The van der Waals surface area contributed by atoms with Gasteiger partial charge in [-0.15, -0.1) is 0 Å². The van der Waals surface area contributed by atoms with Gasteiger partial charge < -0.3 is 10.2 Å². The van der Waals surface area contributed by atoms with Crippen LogP contribution in [0.15, 0.2) is 6.20 Å². The molecule has 0 aromatic carbocycles. The molecule has 0 saturated heterocycles. The Kier molecular flexibility index (Phi) is 0.259. The fourth-order valence-corrected chi connectivity index (χ4v) is 0.137. The summed E-state index contributed by atoms with van der Waals surface area (Å²) >= 11 is 0. The first-order chi connectivity index (χ1) is 2.39. The fourth-order valence-electron chi connectivity index (χ4n) is 0.137. The lowest BCUT2D eigenvalue weighted by Crippen LogP contribution is -1.80. The number of H-pyrrole nitrogens is 2.